The highest BCUT2D eigenvalue weighted by atomic mass is 32.2. The van der Waals surface area contributed by atoms with E-state index in [1.54, 1.807) is 24.4 Å². The van der Waals surface area contributed by atoms with Gasteiger partial charge in [-0.2, -0.15) is 0 Å². The van der Waals surface area contributed by atoms with Crippen molar-refractivity contribution in [2.45, 2.75) is 0 Å². The number of pyridine rings is 1. The van der Waals surface area contributed by atoms with E-state index in [0.29, 0.717) is 11.2 Å². The first-order chi connectivity index (χ1) is 8.47. The average molecular weight is 266 g/mol. The molecule has 0 radical (unpaired) electrons. The predicted octanol–water partition coefficient (Wildman–Crippen LogP) is 0.517. The van der Waals surface area contributed by atoms with Crippen LogP contribution >= 0.6 is 0 Å². The fourth-order valence-corrected chi connectivity index (χ4v) is 2.05. The molecule has 0 saturated carbocycles. The highest BCUT2D eigenvalue weighted by Crippen LogP contribution is 2.25. The smallest absolute Gasteiger partial charge is 0.210 e. The van der Waals surface area contributed by atoms with E-state index in [1.807, 2.05) is 6.07 Å². The largest absolute Gasteiger partial charge is 0.398 e. The van der Waals surface area contributed by atoms with Crippen LogP contribution in [0.5, 0.6) is 0 Å². The minimum absolute atomic E-state index is 0.133. The van der Waals surface area contributed by atoms with Gasteiger partial charge in [0, 0.05) is 23.8 Å². The molecule has 1 aromatic heterocycles. The number of rotatable bonds is 4. The molecule has 2 aromatic rings. The zero-order valence-corrected chi connectivity index (χ0v) is 10.4. The van der Waals surface area contributed by atoms with Gasteiger partial charge in [0.05, 0.1) is 17.0 Å². The van der Waals surface area contributed by atoms with E-state index in [2.05, 4.69) is 10.3 Å². The monoisotopic (exact) mass is 266 g/mol. The molecule has 1 heterocycles. The SMILES string of the molecule is Nc1ccc(NCCS(N)(=O)=O)c2ncccc12. The summed E-state index contributed by atoms with van der Waals surface area (Å²) < 4.78 is 21.7. The number of nitrogens with two attached hydrogens (primary N) is 2. The second-order valence-corrected chi connectivity index (χ2v) is 5.63. The molecule has 18 heavy (non-hydrogen) atoms. The molecule has 0 aliphatic rings. The van der Waals surface area contributed by atoms with Crippen molar-refractivity contribution in [1.82, 2.24) is 4.98 Å². The Morgan fingerprint density at radius 2 is 2.06 bits per heavy atom. The van der Waals surface area contributed by atoms with E-state index in [9.17, 15) is 8.42 Å². The molecule has 0 aliphatic carbocycles. The molecule has 0 amide bonds. The number of hydrogen-bond acceptors (Lipinski definition) is 5. The van der Waals surface area contributed by atoms with Crippen molar-refractivity contribution in [1.29, 1.82) is 0 Å². The third-order valence-corrected chi connectivity index (χ3v) is 3.28. The summed E-state index contributed by atoms with van der Waals surface area (Å²) in [7, 11) is -3.46. The lowest BCUT2D eigenvalue weighted by Crippen LogP contribution is -2.22. The lowest BCUT2D eigenvalue weighted by molar-refractivity contribution is 0.598. The molecule has 0 atom stereocenters. The Bertz CT molecular complexity index is 670. The molecule has 0 fully saturated rings. The molecule has 0 aliphatic heterocycles. The maximum absolute atomic E-state index is 10.8. The van der Waals surface area contributed by atoms with Crippen LogP contribution in [0.25, 0.3) is 10.9 Å². The van der Waals surface area contributed by atoms with Crippen LogP contribution in [0.4, 0.5) is 11.4 Å². The first kappa shape index (κ1) is 12.6. The Morgan fingerprint density at radius 3 is 2.78 bits per heavy atom. The summed E-state index contributed by atoms with van der Waals surface area (Å²) >= 11 is 0. The van der Waals surface area contributed by atoms with Crippen LogP contribution in [0, 0.1) is 0 Å². The van der Waals surface area contributed by atoms with Gasteiger partial charge in [-0.3, -0.25) is 4.98 Å². The molecular weight excluding hydrogens is 252 g/mol. The van der Waals surface area contributed by atoms with Crippen molar-refractivity contribution < 1.29 is 8.42 Å². The van der Waals surface area contributed by atoms with Gasteiger partial charge in [-0.25, -0.2) is 13.6 Å². The molecule has 0 unspecified atom stereocenters. The Morgan fingerprint density at radius 1 is 1.28 bits per heavy atom. The van der Waals surface area contributed by atoms with Crippen molar-refractivity contribution in [3.8, 4) is 0 Å². The summed E-state index contributed by atoms with van der Waals surface area (Å²) in [5.74, 6) is -0.133. The third-order valence-electron chi connectivity index (χ3n) is 2.51. The first-order valence-corrected chi connectivity index (χ1v) is 7.06. The maximum Gasteiger partial charge on any atom is 0.210 e. The average Bonchev–Trinajstić information content (AvgIpc) is 2.31. The van der Waals surface area contributed by atoms with Crippen molar-refractivity contribution in [2.75, 3.05) is 23.3 Å². The Balaban J connectivity index is 2.26. The van der Waals surface area contributed by atoms with E-state index in [4.69, 9.17) is 10.9 Å². The zero-order chi connectivity index (χ0) is 13.2. The molecular formula is C11H14N4O2S. The Labute approximate surface area is 105 Å². The van der Waals surface area contributed by atoms with Crippen LogP contribution in [0.2, 0.25) is 0 Å². The summed E-state index contributed by atoms with van der Waals surface area (Å²) in [5, 5.41) is 8.76. The fraction of sp³-hybridized carbons (Fsp3) is 0.182. The molecule has 1 aromatic carbocycles. The molecule has 2 rings (SSSR count). The van der Waals surface area contributed by atoms with Crippen molar-refractivity contribution in [3.63, 3.8) is 0 Å². The normalized spacial score (nSPS) is 11.6. The minimum atomic E-state index is -3.46. The summed E-state index contributed by atoms with van der Waals surface area (Å²) in [4.78, 5) is 4.23. The van der Waals surface area contributed by atoms with Gasteiger partial charge in [-0.15, -0.1) is 0 Å². The van der Waals surface area contributed by atoms with E-state index >= 15 is 0 Å². The number of aromatic nitrogens is 1. The number of nitrogen functional groups attached to an aromatic ring is 1. The minimum Gasteiger partial charge on any atom is -0.398 e. The van der Waals surface area contributed by atoms with E-state index < -0.39 is 10.0 Å². The second kappa shape index (κ2) is 4.79. The number of benzene rings is 1. The molecule has 6 nitrogen and oxygen atoms in total. The molecule has 0 bridgehead atoms. The van der Waals surface area contributed by atoms with Gasteiger partial charge >= 0.3 is 0 Å². The number of sulfonamides is 1. The Hall–Kier alpha value is -1.86. The molecule has 5 N–H and O–H groups in total. The van der Waals surface area contributed by atoms with Crippen LogP contribution in [0.3, 0.4) is 0 Å². The third kappa shape index (κ3) is 2.88. The zero-order valence-electron chi connectivity index (χ0n) is 9.63. The second-order valence-electron chi connectivity index (χ2n) is 3.90. The summed E-state index contributed by atoms with van der Waals surface area (Å²) in [6, 6.07) is 7.19. The summed E-state index contributed by atoms with van der Waals surface area (Å²) in [5.41, 5.74) is 7.93. The number of fused-ring (bicyclic) bond motifs is 1. The van der Waals surface area contributed by atoms with Crippen LogP contribution < -0.4 is 16.2 Å². The van der Waals surface area contributed by atoms with Gasteiger partial charge in [-0.05, 0) is 24.3 Å². The van der Waals surface area contributed by atoms with Gasteiger partial charge in [0.2, 0.25) is 10.0 Å². The maximum atomic E-state index is 10.8. The summed E-state index contributed by atoms with van der Waals surface area (Å²) in [6.45, 7) is 0.231. The first-order valence-electron chi connectivity index (χ1n) is 5.35. The lowest BCUT2D eigenvalue weighted by Gasteiger charge is -2.09. The topological polar surface area (TPSA) is 111 Å². The molecule has 7 heteroatoms. The quantitative estimate of drug-likeness (QED) is 0.698. The van der Waals surface area contributed by atoms with Gasteiger partial charge in [0.1, 0.15) is 0 Å². The summed E-state index contributed by atoms with van der Waals surface area (Å²) in [6.07, 6.45) is 1.66. The van der Waals surface area contributed by atoms with Crippen molar-refractivity contribution >= 4 is 32.3 Å². The van der Waals surface area contributed by atoms with E-state index in [0.717, 1.165) is 11.1 Å². The number of hydrogen-bond donors (Lipinski definition) is 3. The Kier molecular flexibility index (Phi) is 3.35. The van der Waals surface area contributed by atoms with Crippen LogP contribution in [0.15, 0.2) is 30.5 Å². The fourth-order valence-electron chi connectivity index (χ4n) is 1.67. The van der Waals surface area contributed by atoms with Crippen LogP contribution in [-0.4, -0.2) is 25.7 Å². The number of anilines is 2. The standard InChI is InChI=1S/C11H14N4O2S/c12-9-3-4-10(14-6-7-18(13,16)17)11-8(9)2-1-5-15-11/h1-5,14H,6-7,12H2,(H2,13,16,17). The van der Waals surface area contributed by atoms with E-state index in [1.165, 1.54) is 0 Å². The van der Waals surface area contributed by atoms with Gasteiger partial charge in [-0.1, -0.05) is 0 Å². The molecule has 0 spiro atoms. The van der Waals surface area contributed by atoms with Crippen LogP contribution in [-0.2, 0) is 10.0 Å². The lowest BCUT2D eigenvalue weighted by atomic mass is 10.1. The number of nitrogens with zero attached hydrogens (tertiary/aromatic N) is 1. The highest BCUT2D eigenvalue weighted by Gasteiger charge is 2.06. The predicted molar refractivity (Wildman–Crippen MR) is 72.6 cm³/mol. The molecule has 0 saturated heterocycles. The van der Waals surface area contributed by atoms with E-state index in [-0.39, 0.29) is 12.3 Å². The molecule has 96 valence electrons. The number of primary sulfonamides is 1. The van der Waals surface area contributed by atoms with Crippen molar-refractivity contribution in [3.05, 3.63) is 30.5 Å². The highest BCUT2D eigenvalue weighted by molar-refractivity contribution is 7.89. The van der Waals surface area contributed by atoms with Crippen molar-refractivity contribution in [2.24, 2.45) is 5.14 Å². The van der Waals surface area contributed by atoms with Gasteiger partial charge < -0.3 is 11.1 Å². The van der Waals surface area contributed by atoms with Gasteiger partial charge in [0.25, 0.3) is 0 Å². The van der Waals surface area contributed by atoms with Crippen LogP contribution in [0.1, 0.15) is 0 Å². The van der Waals surface area contributed by atoms with Gasteiger partial charge in [0.15, 0.2) is 0 Å². The number of nitrogens with one attached hydrogen (secondary N) is 1.